The lowest BCUT2D eigenvalue weighted by molar-refractivity contribution is 0.0528. The second-order valence-electron chi connectivity index (χ2n) is 4.74. The molecule has 0 amide bonds. The van der Waals surface area contributed by atoms with E-state index in [4.69, 9.17) is 4.74 Å². The van der Waals surface area contributed by atoms with Crippen molar-refractivity contribution in [1.29, 1.82) is 0 Å². The molecule has 0 aromatic heterocycles. The van der Waals surface area contributed by atoms with Crippen molar-refractivity contribution >= 4 is 0 Å². The quantitative estimate of drug-likeness (QED) is 0.631. The van der Waals surface area contributed by atoms with Gasteiger partial charge in [-0.1, -0.05) is 12.5 Å². The molecule has 1 aromatic rings. The minimum Gasteiger partial charge on any atom is -0.487 e. The van der Waals surface area contributed by atoms with Crippen molar-refractivity contribution in [2.45, 2.75) is 44.1 Å². The van der Waals surface area contributed by atoms with E-state index in [1.54, 1.807) is 6.07 Å². The zero-order chi connectivity index (χ0) is 10.3. The second-order valence-corrected chi connectivity index (χ2v) is 4.74. The Morgan fingerprint density at radius 2 is 1.93 bits per heavy atom. The van der Waals surface area contributed by atoms with Crippen LogP contribution >= 0.6 is 0 Å². The van der Waals surface area contributed by atoms with E-state index < -0.39 is 0 Å². The Bertz CT molecular complexity index is 380. The highest BCUT2D eigenvalue weighted by molar-refractivity contribution is 5.40. The van der Waals surface area contributed by atoms with E-state index in [0.29, 0.717) is 0 Å². The Labute approximate surface area is 89.3 Å². The van der Waals surface area contributed by atoms with E-state index in [0.717, 1.165) is 30.6 Å². The number of hydrogen-bond donors (Lipinski definition) is 0. The summed E-state index contributed by atoms with van der Waals surface area (Å²) < 4.78 is 19.5. The molecule has 0 saturated heterocycles. The second kappa shape index (κ2) is 3.22. The molecule has 1 aliphatic heterocycles. The molecule has 3 rings (SSSR count). The van der Waals surface area contributed by atoms with E-state index in [9.17, 15) is 4.39 Å². The third-order valence-corrected chi connectivity index (χ3v) is 3.67. The van der Waals surface area contributed by atoms with Gasteiger partial charge in [0, 0.05) is 12.0 Å². The minimum atomic E-state index is -0.102. The number of hydrogen-bond acceptors (Lipinski definition) is 1. The van der Waals surface area contributed by atoms with Gasteiger partial charge in [0.15, 0.2) is 0 Å². The van der Waals surface area contributed by atoms with Crippen molar-refractivity contribution in [2.24, 2.45) is 0 Å². The molecule has 0 atom stereocenters. The van der Waals surface area contributed by atoms with Gasteiger partial charge in [-0.05, 0) is 37.8 Å². The van der Waals surface area contributed by atoms with E-state index in [-0.39, 0.29) is 11.4 Å². The summed E-state index contributed by atoms with van der Waals surface area (Å²) in [5.41, 5.74) is 0.724. The van der Waals surface area contributed by atoms with Gasteiger partial charge in [-0.25, -0.2) is 4.39 Å². The number of ether oxygens (including phenoxy) is 1. The molecule has 2 aliphatic rings. The van der Waals surface area contributed by atoms with Crippen LogP contribution in [0.25, 0.3) is 0 Å². The highest BCUT2D eigenvalue weighted by Crippen LogP contribution is 2.43. The summed E-state index contributed by atoms with van der Waals surface area (Å²) in [6, 6.07) is 5.15. The average molecular weight is 206 g/mol. The van der Waals surface area contributed by atoms with Crippen LogP contribution in [0.4, 0.5) is 4.39 Å². The monoisotopic (exact) mass is 206 g/mol. The largest absolute Gasteiger partial charge is 0.487 e. The highest BCUT2D eigenvalue weighted by atomic mass is 19.1. The van der Waals surface area contributed by atoms with Gasteiger partial charge in [0.1, 0.15) is 17.2 Å². The maximum atomic E-state index is 13.5. The smallest absolute Gasteiger partial charge is 0.130 e. The van der Waals surface area contributed by atoms with E-state index >= 15 is 0 Å². The summed E-state index contributed by atoms with van der Waals surface area (Å²) in [4.78, 5) is 0. The normalized spacial score (nSPS) is 22.5. The fraction of sp³-hybridized carbons (Fsp3) is 0.538. The lowest BCUT2D eigenvalue weighted by Gasteiger charge is -2.32. The van der Waals surface area contributed by atoms with Crippen LogP contribution in [0.15, 0.2) is 18.2 Å². The van der Waals surface area contributed by atoms with Crippen LogP contribution < -0.4 is 4.74 Å². The van der Waals surface area contributed by atoms with Crippen molar-refractivity contribution in [1.82, 2.24) is 0 Å². The molecule has 1 aliphatic carbocycles. The predicted molar refractivity (Wildman–Crippen MR) is 56.5 cm³/mol. The van der Waals surface area contributed by atoms with Crippen LogP contribution in [-0.2, 0) is 6.42 Å². The summed E-state index contributed by atoms with van der Waals surface area (Å²) in [6.07, 6.45) is 6.67. The summed E-state index contributed by atoms with van der Waals surface area (Å²) >= 11 is 0. The highest BCUT2D eigenvalue weighted by Gasteiger charge is 2.41. The maximum absolute atomic E-state index is 13.5. The SMILES string of the molecule is Fc1cccc2c1CC1(CCCCC1)O2. The zero-order valence-corrected chi connectivity index (χ0v) is 8.76. The Morgan fingerprint density at radius 1 is 1.13 bits per heavy atom. The molecule has 0 radical (unpaired) electrons. The zero-order valence-electron chi connectivity index (χ0n) is 8.76. The molecule has 1 saturated carbocycles. The van der Waals surface area contributed by atoms with Crippen molar-refractivity contribution in [3.05, 3.63) is 29.6 Å². The standard InChI is InChI=1S/C13H15FO/c14-11-5-4-6-12-10(11)9-13(15-12)7-2-1-3-8-13/h4-6H,1-3,7-9H2. The van der Waals surface area contributed by atoms with Gasteiger partial charge < -0.3 is 4.74 Å². The maximum Gasteiger partial charge on any atom is 0.130 e. The minimum absolute atomic E-state index is 0.0667. The topological polar surface area (TPSA) is 9.23 Å². The first kappa shape index (κ1) is 9.20. The van der Waals surface area contributed by atoms with Crippen molar-refractivity contribution in [2.75, 3.05) is 0 Å². The molecular formula is C13H15FO. The van der Waals surface area contributed by atoms with E-state index in [1.807, 2.05) is 6.07 Å². The van der Waals surface area contributed by atoms with E-state index in [2.05, 4.69) is 0 Å². The van der Waals surface area contributed by atoms with Crippen molar-refractivity contribution in [3.63, 3.8) is 0 Å². The number of halogens is 1. The van der Waals surface area contributed by atoms with Gasteiger partial charge in [-0.2, -0.15) is 0 Å². The van der Waals surface area contributed by atoms with Crippen molar-refractivity contribution < 1.29 is 9.13 Å². The van der Waals surface area contributed by atoms with Crippen LogP contribution in [-0.4, -0.2) is 5.60 Å². The molecular weight excluding hydrogens is 191 g/mol. The third kappa shape index (κ3) is 1.43. The first-order valence-electron chi connectivity index (χ1n) is 5.76. The molecule has 1 fully saturated rings. The van der Waals surface area contributed by atoms with Crippen LogP contribution in [0.1, 0.15) is 37.7 Å². The van der Waals surface area contributed by atoms with Gasteiger partial charge >= 0.3 is 0 Å². The molecule has 1 nitrogen and oxygen atoms in total. The van der Waals surface area contributed by atoms with Gasteiger partial charge in [0.05, 0.1) is 0 Å². The first-order valence-corrected chi connectivity index (χ1v) is 5.76. The molecule has 1 aromatic carbocycles. The van der Waals surface area contributed by atoms with Gasteiger partial charge in [0.25, 0.3) is 0 Å². The van der Waals surface area contributed by atoms with E-state index in [1.165, 1.54) is 25.3 Å². The van der Waals surface area contributed by atoms with Gasteiger partial charge in [-0.15, -0.1) is 0 Å². The van der Waals surface area contributed by atoms with Gasteiger partial charge in [-0.3, -0.25) is 0 Å². The number of fused-ring (bicyclic) bond motifs is 1. The Kier molecular flexibility index (Phi) is 1.98. The molecule has 15 heavy (non-hydrogen) atoms. The predicted octanol–water partition coefficient (Wildman–Crippen LogP) is 3.46. The molecule has 2 heteroatoms. The summed E-state index contributed by atoms with van der Waals surface area (Å²) in [5, 5.41) is 0. The van der Waals surface area contributed by atoms with Crippen LogP contribution in [0, 0.1) is 5.82 Å². The number of benzene rings is 1. The molecule has 1 spiro atoms. The Hall–Kier alpha value is -1.05. The fourth-order valence-electron chi connectivity index (χ4n) is 2.87. The summed E-state index contributed by atoms with van der Waals surface area (Å²) in [6.45, 7) is 0. The first-order chi connectivity index (χ1) is 7.29. The molecule has 0 N–H and O–H groups in total. The lowest BCUT2D eigenvalue weighted by Crippen LogP contribution is -2.36. The average Bonchev–Trinajstić information content (AvgIpc) is 2.59. The molecule has 0 unspecified atom stereocenters. The molecule has 0 bridgehead atoms. The van der Waals surface area contributed by atoms with Crippen LogP contribution in [0.3, 0.4) is 0 Å². The summed E-state index contributed by atoms with van der Waals surface area (Å²) in [5.74, 6) is 0.673. The summed E-state index contributed by atoms with van der Waals surface area (Å²) in [7, 11) is 0. The Morgan fingerprint density at radius 3 is 2.67 bits per heavy atom. The van der Waals surface area contributed by atoms with Crippen LogP contribution in [0.2, 0.25) is 0 Å². The lowest BCUT2D eigenvalue weighted by atomic mass is 9.82. The van der Waals surface area contributed by atoms with Crippen LogP contribution in [0.5, 0.6) is 5.75 Å². The molecule has 80 valence electrons. The third-order valence-electron chi connectivity index (χ3n) is 3.67. The van der Waals surface area contributed by atoms with Gasteiger partial charge in [0.2, 0.25) is 0 Å². The number of rotatable bonds is 0. The Balaban J connectivity index is 1.94. The molecule has 1 heterocycles. The van der Waals surface area contributed by atoms with Crippen molar-refractivity contribution in [3.8, 4) is 5.75 Å². The fourth-order valence-corrected chi connectivity index (χ4v) is 2.87.